The summed E-state index contributed by atoms with van der Waals surface area (Å²) >= 11 is 0. The lowest BCUT2D eigenvalue weighted by Crippen LogP contribution is -2.76. The maximum atomic E-state index is 15.1. The van der Waals surface area contributed by atoms with E-state index in [-0.39, 0.29) is 36.5 Å². The lowest BCUT2D eigenvalue weighted by molar-refractivity contribution is -0.598. The third-order valence-corrected chi connectivity index (χ3v) is 17.0. The number of fused-ring (bicyclic) bond motifs is 4. The van der Waals surface area contributed by atoms with E-state index < -0.39 is 118 Å². The summed E-state index contributed by atoms with van der Waals surface area (Å²) in [4.78, 5) is 23.3. The second kappa shape index (κ2) is 14.1. The summed E-state index contributed by atoms with van der Waals surface area (Å²) in [6.45, 7) is 8.81. The monoisotopic (exact) mass is 850 g/mol. The van der Waals surface area contributed by atoms with Crippen LogP contribution in [0.1, 0.15) is 106 Å². The minimum absolute atomic E-state index is 0.120. The zero-order chi connectivity index (χ0) is 41.2. The number of hydrogen-bond acceptors (Lipinski definition) is 12. The van der Waals surface area contributed by atoms with Crippen LogP contribution in [0.4, 0.5) is 26.3 Å². The van der Waals surface area contributed by atoms with Crippen molar-refractivity contribution in [3.63, 3.8) is 0 Å². The zero-order valence-electron chi connectivity index (χ0n) is 33.2. The van der Waals surface area contributed by atoms with Crippen molar-refractivity contribution in [3.05, 3.63) is 0 Å². The number of halogens is 6. The summed E-state index contributed by atoms with van der Waals surface area (Å²) in [7, 11) is -3.97. The Morgan fingerprint density at radius 1 is 0.561 bits per heavy atom. The molecule has 328 valence electrons. The minimum Gasteiger partial charge on any atom is -0.342 e. The SMILES string of the molecule is C[C@@H]1CC[C@H]2[C@@H](C)[C@](OCCCS(=O)(=O)CCCO[C@@]3(C(F)(F)F)O[C@@H]4O[C@]5(C)CC[C@H]6[C@H](C)CC[C@@H]([C@H]3C)[C@@]46OO5)(C(F)(F)F)O[C@@H]3O[C@]4(C)CC[C@@H]1[C@]32OO4. The fourth-order valence-corrected chi connectivity index (χ4v) is 13.4. The van der Waals surface area contributed by atoms with Gasteiger partial charge in [0.05, 0.1) is 24.7 Å². The molecule has 10 aliphatic rings. The van der Waals surface area contributed by atoms with Crippen LogP contribution in [0.3, 0.4) is 0 Å². The molecule has 10 rings (SSSR count). The van der Waals surface area contributed by atoms with Crippen LogP contribution < -0.4 is 0 Å². The van der Waals surface area contributed by atoms with Crippen molar-refractivity contribution in [3.8, 4) is 0 Å². The molecule has 2 aliphatic carbocycles. The topological polar surface area (TPSA) is 126 Å². The summed E-state index contributed by atoms with van der Waals surface area (Å²) in [5.41, 5.74) is -2.55. The molecule has 0 N–H and O–H groups in total. The Morgan fingerprint density at radius 3 is 1.32 bits per heavy atom. The van der Waals surface area contributed by atoms with Gasteiger partial charge >= 0.3 is 12.4 Å². The molecule has 10 fully saturated rings. The zero-order valence-corrected chi connectivity index (χ0v) is 34.1. The van der Waals surface area contributed by atoms with Crippen molar-refractivity contribution in [1.29, 1.82) is 0 Å². The molecular formula is C38H56F6O12S. The highest BCUT2D eigenvalue weighted by atomic mass is 32.2. The smallest absolute Gasteiger partial charge is 0.342 e. The molecule has 57 heavy (non-hydrogen) atoms. The van der Waals surface area contributed by atoms with Crippen molar-refractivity contribution in [2.45, 2.75) is 165 Å². The number of sulfone groups is 1. The Balaban J connectivity index is 0.910. The number of hydrogen-bond donors (Lipinski definition) is 0. The molecule has 2 spiro atoms. The number of rotatable bonds is 10. The van der Waals surface area contributed by atoms with E-state index in [2.05, 4.69) is 0 Å². The van der Waals surface area contributed by atoms with Gasteiger partial charge in [-0.1, -0.05) is 27.7 Å². The van der Waals surface area contributed by atoms with Crippen molar-refractivity contribution in [2.75, 3.05) is 24.7 Å². The van der Waals surface area contributed by atoms with Gasteiger partial charge in [0.15, 0.2) is 23.8 Å². The summed E-state index contributed by atoms with van der Waals surface area (Å²) in [6, 6.07) is 0. The average molecular weight is 851 g/mol. The van der Waals surface area contributed by atoms with Gasteiger partial charge in [-0.2, -0.15) is 26.3 Å². The summed E-state index contributed by atoms with van der Waals surface area (Å²) in [5.74, 6) is -14.1. The predicted molar refractivity (Wildman–Crippen MR) is 183 cm³/mol. The van der Waals surface area contributed by atoms with Crippen LogP contribution in [0.15, 0.2) is 0 Å². The normalized spacial score (nSPS) is 50.8. The maximum absolute atomic E-state index is 15.1. The molecule has 0 aromatic carbocycles. The maximum Gasteiger partial charge on any atom is 0.443 e. The van der Waals surface area contributed by atoms with Crippen molar-refractivity contribution in [2.24, 2.45) is 47.3 Å². The molecule has 8 aliphatic heterocycles. The van der Waals surface area contributed by atoms with Gasteiger partial charge in [-0.3, -0.25) is 0 Å². The van der Waals surface area contributed by atoms with Crippen LogP contribution >= 0.6 is 0 Å². The van der Waals surface area contributed by atoms with Gasteiger partial charge < -0.3 is 28.4 Å². The average Bonchev–Trinajstić information content (AvgIpc) is 3.49. The van der Waals surface area contributed by atoms with Crippen LogP contribution in [-0.2, 0) is 57.8 Å². The third kappa shape index (κ3) is 6.47. The van der Waals surface area contributed by atoms with Crippen LogP contribution in [0.25, 0.3) is 0 Å². The largest absolute Gasteiger partial charge is 0.443 e. The predicted octanol–water partition coefficient (Wildman–Crippen LogP) is 7.50. The molecular weight excluding hydrogens is 794 g/mol. The minimum atomic E-state index is -5.03. The Labute approximate surface area is 329 Å². The fourth-order valence-electron chi connectivity index (χ4n) is 12.1. The second-order valence-electron chi connectivity index (χ2n) is 18.5. The highest BCUT2D eigenvalue weighted by Crippen LogP contribution is 2.66. The quantitative estimate of drug-likeness (QED) is 0.123. The Morgan fingerprint density at radius 2 is 0.947 bits per heavy atom. The highest BCUT2D eigenvalue weighted by Gasteiger charge is 2.79. The lowest BCUT2D eigenvalue weighted by Gasteiger charge is -2.62. The van der Waals surface area contributed by atoms with Crippen LogP contribution in [-0.4, -0.2) is 92.4 Å². The summed E-state index contributed by atoms with van der Waals surface area (Å²) < 4.78 is 152. The highest BCUT2D eigenvalue weighted by molar-refractivity contribution is 7.91. The molecule has 12 nitrogen and oxygen atoms in total. The van der Waals surface area contributed by atoms with Crippen molar-refractivity contribution < 1.29 is 82.7 Å². The first-order valence-electron chi connectivity index (χ1n) is 20.5. The van der Waals surface area contributed by atoms with Gasteiger partial charge in [0, 0.05) is 36.5 Å². The standard InChI is InChI=1S/C38H56F6O12S/c1-21-9-11-27-23(3)35(37(39,40)41,51-29-33(27)25(21)13-15-31(5,49-29)53-55-33)47-17-7-19-57(45,46)20-8-18-48-36(38(42,43)44)24(4)28-12-10-22(2)26-14-16-32(6)50-30(52-36)34(26,28)56-54-32/h21-30H,7-20H2,1-6H3/t21-,22-,23-,24-,25+,26+,27+,28+,29+,30+,31+,32+,33-,34-,35-,36-/m1/s1. The van der Waals surface area contributed by atoms with Gasteiger partial charge in [-0.25, -0.2) is 28.0 Å². The van der Waals surface area contributed by atoms with Crippen molar-refractivity contribution in [1.82, 2.24) is 0 Å². The number of alkyl halides is 6. The summed E-state index contributed by atoms with van der Waals surface area (Å²) in [5, 5.41) is 0. The molecule has 4 bridgehead atoms. The van der Waals surface area contributed by atoms with Crippen LogP contribution in [0.2, 0.25) is 0 Å². The van der Waals surface area contributed by atoms with Gasteiger partial charge in [0.2, 0.25) is 11.6 Å². The first kappa shape index (κ1) is 42.8. The molecule has 0 aromatic rings. The molecule has 0 amide bonds. The van der Waals surface area contributed by atoms with Gasteiger partial charge in [0.25, 0.3) is 11.6 Å². The van der Waals surface area contributed by atoms with Crippen LogP contribution in [0, 0.1) is 47.3 Å². The van der Waals surface area contributed by atoms with E-state index >= 15 is 26.3 Å². The fraction of sp³-hybridized carbons (Fsp3) is 1.00. The van der Waals surface area contributed by atoms with Gasteiger partial charge in [-0.15, -0.1) is 0 Å². The van der Waals surface area contributed by atoms with Gasteiger partial charge in [-0.05, 0) is 88.9 Å². The third-order valence-electron chi connectivity index (χ3n) is 15.1. The van der Waals surface area contributed by atoms with E-state index in [1.54, 1.807) is 13.8 Å². The number of ether oxygens (including phenoxy) is 6. The molecule has 16 atom stereocenters. The molecule has 8 saturated heterocycles. The molecule has 2 saturated carbocycles. The summed E-state index contributed by atoms with van der Waals surface area (Å²) in [6.07, 6.45) is -9.48. The van der Waals surface area contributed by atoms with E-state index in [0.29, 0.717) is 51.4 Å². The molecule has 0 radical (unpaired) electrons. The lowest BCUT2D eigenvalue weighted by atomic mass is 9.57. The van der Waals surface area contributed by atoms with Crippen molar-refractivity contribution >= 4 is 9.84 Å². The van der Waals surface area contributed by atoms with E-state index in [4.69, 9.17) is 48.0 Å². The molecule has 19 heteroatoms. The van der Waals surface area contributed by atoms with E-state index in [1.807, 2.05) is 13.8 Å². The first-order valence-corrected chi connectivity index (χ1v) is 22.4. The van der Waals surface area contributed by atoms with E-state index in [0.717, 1.165) is 0 Å². The first-order chi connectivity index (χ1) is 26.5. The second-order valence-corrected chi connectivity index (χ2v) is 20.8. The van der Waals surface area contributed by atoms with E-state index in [1.165, 1.54) is 13.8 Å². The molecule has 0 aromatic heterocycles. The van der Waals surface area contributed by atoms with E-state index in [9.17, 15) is 8.42 Å². The molecule has 0 unspecified atom stereocenters. The Bertz CT molecular complexity index is 1530. The van der Waals surface area contributed by atoms with Crippen LogP contribution in [0.5, 0.6) is 0 Å². The Hall–Kier alpha value is -0.870. The Kier molecular flexibility index (Phi) is 10.6. The van der Waals surface area contributed by atoms with Gasteiger partial charge in [0.1, 0.15) is 9.84 Å². The molecule has 8 heterocycles.